The fourth-order valence-electron chi connectivity index (χ4n) is 2.19. The highest BCUT2D eigenvalue weighted by Crippen LogP contribution is 2.13. The summed E-state index contributed by atoms with van der Waals surface area (Å²) in [4.78, 5) is 12.2. The molecule has 0 aliphatic rings. The van der Waals surface area contributed by atoms with Crippen LogP contribution in [0.4, 0.5) is 5.69 Å². The molecule has 1 N–H and O–H groups in total. The molecule has 0 aliphatic carbocycles. The highest BCUT2D eigenvalue weighted by molar-refractivity contribution is 6.09. The average molecular weight is 304 g/mol. The normalized spacial score (nSPS) is 10.9. The van der Waals surface area contributed by atoms with E-state index in [1.54, 1.807) is 6.08 Å². The van der Waals surface area contributed by atoms with E-state index in [4.69, 9.17) is 0 Å². The zero-order valence-electron chi connectivity index (χ0n) is 13.5. The van der Waals surface area contributed by atoms with Crippen molar-refractivity contribution in [3.8, 4) is 6.07 Å². The van der Waals surface area contributed by atoms with E-state index in [0.717, 1.165) is 18.4 Å². The maximum absolute atomic E-state index is 12.2. The van der Waals surface area contributed by atoms with Gasteiger partial charge in [0.1, 0.15) is 11.6 Å². The number of nitrogens with one attached hydrogen (secondary N) is 1. The average Bonchev–Trinajstić information content (AvgIpc) is 2.60. The topological polar surface area (TPSA) is 52.9 Å². The van der Waals surface area contributed by atoms with Crippen molar-refractivity contribution >= 4 is 17.7 Å². The molecule has 2 aromatic rings. The van der Waals surface area contributed by atoms with Crippen molar-refractivity contribution in [2.75, 3.05) is 5.32 Å². The van der Waals surface area contributed by atoms with Gasteiger partial charge in [-0.2, -0.15) is 5.26 Å². The van der Waals surface area contributed by atoms with E-state index < -0.39 is 5.91 Å². The van der Waals surface area contributed by atoms with E-state index in [-0.39, 0.29) is 5.57 Å². The predicted octanol–water partition coefficient (Wildman–Crippen LogP) is 4.36. The molecule has 0 saturated carbocycles. The van der Waals surface area contributed by atoms with Crippen LogP contribution in [0.5, 0.6) is 0 Å². The van der Waals surface area contributed by atoms with E-state index in [1.165, 1.54) is 11.1 Å². The molecule has 0 saturated heterocycles. The van der Waals surface area contributed by atoms with Crippen molar-refractivity contribution in [1.29, 1.82) is 5.26 Å². The second-order valence-corrected chi connectivity index (χ2v) is 5.27. The third kappa shape index (κ3) is 4.55. The fraction of sp³-hybridized carbons (Fsp3) is 0.200. The first-order valence-corrected chi connectivity index (χ1v) is 7.77. The number of hydrogen-bond donors (Lipinski definition) is 1. The Bertz CT molecular complexity index is 735. The molecule has 0 unspecified atom stereocenters. The van der Waals surface area contributed by atoms with Crippen LogP contribution in [0.1, 0.15) is 30.5 Å². The van der Waals surface area contributed by atoms with Gasteiger partial charge in [0.05, 0.1) is 0 Å². The number of benzene rings is 2. The molecule has 2 rings (SSSR count). The van der Waals surface area contributed by atoms with Gasteiger partial charge in [-0.15, -0.1) is 0 Å². The van der Waals surface area contributed by atoms with E-state index in [9.17, 15) is 10.1 Å². The summed E-state index contributed by atoms with van der Waals surface area (Å²) in [6.45, 7) is 4.16. The van der Waals surface area contributed by atoms with Crippen LogP contribution in [-0.4, -0.2) is 5.91 Å². The largest absolute Gasteiger partial charge is 0.321 e. The second-order valence-electron chi connectivity index (χ2n) is 5.27. The standard InChI is InChI=1S/C20H20N2O/c1-3-15-5-7-17(8-6-15)13-18(14-21)20(23)22-19-11-9-16(4-2)10-12-19/h5-13H,3-4H2,1-2H3,(H,22,23)/b18-13+. The Balaban J connectivity index is 2.13. The summed E-state index contributed by atoms with van der Waals surface area (Å²) in [5.74, 6) is -0.392. The molecule has 0 fully saturated rings. The first-order valence-electron chi connectivity index (χ1n) is 7.77. The molecule has 0 spiro atoms. The molecule has 116 valence electrons. The van der Waals surface area contributed by atoms with Crippen LogP contribution in [0.25, 0.3) is 6.08 Å². The number of rotatable bonds is 5. The van der Waals surface area contributed by atoms with Crippen molar-refractivity contribution in [2.45, 2.75) is 26.7 Å². The van der Waals surface area contributed by atoms with Gasteiger partial charge in [0.15, 0.2) is 0 Å². The van der Waals surface area contributed by atoms with Gasteiger partial charge in [0, 0.05) is 5.69 Å². The molecule has 2 aromatic carbocycles. The first kappa shape index (κ1) is 16.5. The number of aryl methyl sites for hydroxylation is 2. The summed E-state index contributed by atoms with van der Waals surface area (Å²) in [5, 5.41) is 12.0. The predicted molar refractivity (Wildman–Crippen MR) is 93.9 cm³/mol. The van der Waals surface area contributed by atoms with Gasteiger partial charge in [0.25, 0.3) is 5.91 Å². The summed E-state index contributed by atoms with van der Waals surface area (Å²) >= 11 is 0. The van der Waals surface area contributed by atoms with Gasteiger partial charge in [-0.05, 0) is 47.7 Å². The lowest BCUT2D eigenvalue weighted by molar-refractivity contribution is -0.112. The van der Waals surface area contributed by atoms with Crippen molar-refractivity contribution < 1.29 is 4.79 Å². The van der Waals surface area contributed by atoms with Crippen LogP contribution in [0.3, 0.4) is 0 Å². The molecule has 0 atom stereocenters. The minimum absolute atomic E-state index is 0.0915. The quantitative estimate of drug-likeness (QED) is 0.659. The second kappa shape index (κ2) is 7.95. The summed E-state index contributed by atoms with van der Waals surface area (Å²) in [6.07, 6.45) is 3.52. The Labute approximate surface area is 137 Å². The lowest BCUT2D eigenvalue weighted by atomic mass is 10.1. The molecule has 0 bridgehead atoms. The number of anilines is 1. The van der Waals surface area contributed by atoms with Gasteiger partial charge in [-0.3, -0.25) is 4.79 Å². The summed E-state index contributed by atoms with van der Waals surface area (Å²) in [6, 6.07) is 17.4. The van der Waals surface area contributed by atoms with Crippen LogP contribution in [0.2, 0.25) is 0 Å². The number of amides is 1. The highest BCUT2D eigenvalue weighted by Gasteiger charge is 2.09. The maximum atomic E-state index is 12.2. The molecule has 23 heavy (non-hydrogen) atoms. The van der Waals surface area contributed by atoms with Crippen LogP contribution in [-0.2, 0) is 17.6 Å². The molecule has 0 radical (unpaired) electrons. The maximum Gasteiger partial charge on any atom is 0.266 e. The van der Waals surface area contributed by atoms with Crippen LogP contribution in [0.15, 0.2) is 54.1 Å². The van der Waals surface area contributed by atoms with Gasteiger partial charge < -0.3 is 5.32 Å². The first-order chi connectivity index (χ1) is 11.2. The van der Waals surface area contributed by atoms with Crippen LogP contribution < -0.4 is 5.32 Å². The Kier molecular flexibility index (Phi) is 5.71. The molecule has 0 heterocycles. The molecule has 0 aromatic heterocycles. The fourth-order valence-corrected chi connectivity index (χ4v) is 2.19. The molecular weight excluding hydrogens is 284 g/mol. The Hall–Kier alpha value is -2.86. The number of nitriles is 1. The van der Waals surface area contributed by atoms with Gasteiger partial charge in [-0.25, -0.2) is 0 Å². The minimum atomic E-state index is -0.392. The minimum Gasteiger partial charge on any atom is -0.321 e. The summed E-state index contributed by atoms with van der Waals surface area (Å²) < 4.78 is 0. The number of hydrogen-bond acceptors (Lipinski definition) is 2. The third-order valence-electron chi connectivity index (χ3n) is 3.68. The number of nitrogens with zero attached hydrogens (tertiary/aromatic N) is 1. The number of carbonyl (C=O) groups is 1. The van der Waals surface area contributed by atoms with Crippen molar-refractivity contribution in [2.24, 2.45) is 0 Å². The van der Waals surface area contributed by atoms with Gasteiger partial charge in [0.2, 0.25) is 0 Å². The summed E-state index contributed by atoms with van der Waals surface area (Å²) in [5.41, 5.74) is 4.05. The molecular formula is C20H20N2O. The zero-order chi connectivity index (χ0) is 16.7. The van der Waals surface area contributed by atoms with Gasteiger partial charge >= 0.3 is 0 Å². The van der Waals surface area contributed by atoms with Gasteiger partial charge in [-0.1, -0.05) is 50.2 Å². The number of carbonyl (C=O) groups excluding carboxylic acids is 1. The van der Waals surface area contributed by atoms with E-state index in [0.29, 0.717) is 5.69 Å². The third-order valence-corrected chi connectivity index (χ3v) is 3.68. The SMILES string of the molecule is CCc1ccc(/C=C(\C#N)C(=O)Nc2ccc(CC)cc2)cc1. The molecule has 0 aliphatic heterocycles. The van der Waals surface area contributed by atoms with Crippen molar-refractivity contribution in [3.05, 3.63) is 70.8 Å². The van der Waals surface area contributed by atoms with E-state index in [2.05, 4.69) is 19.2 Å². The van der Waals surface area contributed by atoms with Crippen molar-refractivity contribution in [3.63, 3.8) is 0 Å². The lowest BCUT2D eigenvalue weighted by Crippen LogP contribution is -2.13. The van der Waals surface area contributed by atoms with Crippen molar-refractivity contribution in [1.82, 2.24) is 0 Å². The zero-order valence-corrected chi connectivity index (χ0v) is 13.5. The van der Waals surface area contributed by atoms with Crippen LogP contribution in [0, 0.1) is 11.3 Å². The Morgan fingerprint density at radius 3 is 2.00 bits per heavy atom. The van der Waals surface area contributed by atoms with E-state index >= 15 is 0 Å². The monoisotopic (exact) mass is 304 g/mol. The van der Waals surface area contributed by atoms with Crippen LogP contribution >= 0.6 is 0 Å². The highest BCUT2D eigenvalue weighted by atomic mass is 16.1. The Morgan fingerprint density at radius 2 is 1.52 bits per heavy atom. The van der Waals surface area contributed by atoms with E-state index in [1.807, 2.05) is 54.6 Å². The summed E-state index contributed by atoms with van der Waals surface area (Å²) in [7, 11) is 0. The molecule has 1 amide bonds. The molecule has 3 nitrogen and oxygen atoms in total. The lowest BCUT2D eigenvalue weighted by Gasteiger charge is -2.05. The molecule has 3 heteroatoms. The Morgan fingerprint density at radius 1 is 1.00 bits per heavy atom. The smallest absolute Gasteiger partial charge is 0.266 e.